The van der Waals surface area contributed by atoms with Gasteiger partial charge in [-0.15, -0.1) is 0 Å². The highest BCUT2D eigenvalue weighted by atomic mass is 16.7. The topological polar surface area (TPSA) is 108 Å². The third-order valence-electron chi connectivity index (χ3n) is 18.9. The average molecular weight is 1370 g/mol. The number of likely N-dealkylation sites (N-methyl/N-ethyl adjacent to an activating group) is 1. The summed E-state index contributed by atoms with van der Waals surface area (Å²) in [4.78, 5) is 37.8. The van der Waals surface area contributed by atoms with Crippen molar-refractivity contribution >= 4 is 17.9 Å². The molecule has 0 aromatic carbocycles. The molecule has 1 N–H and O–H groups in total. The lowest BCUT2D eigenvalue weighted by Gasteiger charge is -2.25. The quantitative estimate of drug-likeness (QED) is 0.0211. The molecule has 0 aromatic rings. The molecule has 9 nitrogen and oxygen atoms in total. The van der Waals surface area contributed by atoms with Gasteiger partial charge in [0, 0.05) is 12.8 Å². The van der Waals surface area contributed by atoms with Crippen LogP contribution in [-0.4, -0.2) is 87.4 Å². The minimum atomic E-state index is -1.52. The van der Waals surface area contributed by atoms with E-state index in [-0.39, 0.29) is 32.2 Å². The van der Waals surface area contributed by atoms with Crippen molar-refractivity contribution in [2.45, 2.75) is 418 Å². The Morgan fingerprint density at radius 2 is 0.582 bits per heavy atom. The Hall–Kier alpha value is -3.53. The molecule has 0 aliphatic heterocycles. The summed E-state index contributed by atoms with van der Waals surface area (Å²) < 4.78 is 23.1. The SMILES string of the molecule is CC/C=C\C/C=C\C/C=C\C/C=C\C/C=C\C/C=C\C/C=C\CCCCCCCCCCCCCC(=O)OC(COC(=O)CCCCCCCCCCCCCCCCCCCCCCCCCCCCCCCCCCCCCCCCCC)COC(OCC[N+](C)(C)C)C(=O)O. The van der Waals surface area contributed by atoms with Crippen LogP contribution in [0.15, 0.2) is 85.1 Å². The van der Waals surface area contributed by atoms with Crippen LogP contribution in [0.3, 0.4) is 0 Å². The molecule has 0 radical (unpaired) electrons. The van der Waals surface area contributed by atoms with Crippen LogP contribution in [0.2, 0.25) is 0 Å². The minimum Gasteiger partial charge on any atom is -0.477 e. The van der Waals surface area contributed by atoms with Gasteiger partial charge in [0.05, 0.1) is 34.4 Å². The predicted octanol–water partition coefficient (Wildman–Crippen LogP) is 27.3. The fraction of sp³-hybridized carbons (Fsp3) is 0.809. The second-order valence-electron chi connectivity index (χ2n) is 29.8. The van der Waals surface area contributed by atoms with Crippen molar-refractivity contribution in [1.82, 2.24) is 0 Å². The van der Waals surface area contributed by atoms with E-state index in [1.807, 2.05) is 21.1 Å². The van der Waals surface area contributed by atoms with Crippen molar-refractivity contribution in [3.63, 3.8) is 0 Å². The number of aliphatic carboxylic acids is 1. The Labute approximate surface area is 608 Å². The molecule has 0 bridgehead atoms. The Kier molecular flexibility index (Phi) is 76.3. The summed E-state index contributed by atoms with van der Waals surface area (Å²) in [5.74, 6) is -1.99. The average Bonchev–Trinajstić information content (AvgIpc) is 1.14. The molecule has 570 valence electrons. The maximum Gasteiger partial charge on any atom is 0.361 e. The number of nitrogens with zero attached hydrogens (tertiary/aromatic N) is 1. The number of quaternary nitrogens is 1. The first-order chi connectivity index (χ1) is 48.1. The number of hydrogen-bond donors (Lipinski definition) is 1. The maximum absolute atomic E-state index is 13.0. The normalized spacial score (nSPS) is 13.0. The van der Waals surface area contributed by atoms with Crippen molar-refractivity contribution in [2.24, 2.45) is 0 Å². The smallest absolute Gasteiger partial charge is 0.361 e. The molecule has 98 heavy (non-hydrogen) atoms. The lowest BCUT2D eigenvalue weighted by molar-refractivity contribution is -0.870. The van der Waals surface area contributed by atoms with Crippen LogP contribution in [0.25, 0.3) is 0 Å². The highest BCUT2D eigenvalue weighted by molar-refractivity contribution is 5.71. The number of carboxylic acids is 1. The van der Waals surface area contributed by atoms with Gasteiger partial charge in [0.2, 0.25) is 0 Å². The molecule has 2 unspecified atom stereocenters. The molecular formula is C89H162NO8+. The Morgan fingerprint density at radius 1 is 0.316 bits per heavy atom. The highest BCUT2D eigenvalue weighted by Gasteiger charge is 2.25. The van der Waals surface area contributed by atoms with E-state index in [0.29, 0.717) is 23.9 Å². The molecule has 0 aliphatic carbocycles. The van der Waals surface area contributed by atoms with Crippen LogP contribution in [-0.2, 0) is 33.3 Å². The third-order valence-corrected chi connectivity index (χ3v) is 18.9. The van der Waals surface area contributed by atoms with Crippen molar-refractivity contribution in [2.75, 3.05) is 47.5 Å². The van der Waals surface area contributed by atoms with Crippen LogP contribution < -0.4 is 0 Å². The fourth-order valence-electron chi connectivity index (χ4n) is 12.5. The van der Waals surface area contributed by atoms with Gasteiger partial charge >= 0.3 is 17.9 Å². The molecule has 0 aromatic heterocycles. The predicted molar refractivity (Wildman–Crippen MR) is 424 cm³/mol. The van der Waals surface area contributed by atoms with E-state index in [1.165, 1.54) is 283 Å². The summed E-state index contributed by atoms with van der Waals surface area (Å²) in [6.45, 7) is 4.82. The molecule has 0 heterocycles. The minimum absolute atomic E-state index is 0.182. The number of rotatable bonds is 79. The Bertz CT molecular complexity index is 1890. The first kappa shape index (κ1) is 94.5. The molecule has 0 spiro atoms. The number of carbonyl (C=O) groups excluding carboxylic acids is 2. The number of ether oxygens (including phenoxy) is 4. The van der Waals surface area contributed by atoms with Crippen molar-refractivity contribution in [3.05, 3.63) is 85.1 Å². The van der Waals surface area contributed by atoms with Gasteiger partial charge in [0.15, 0.2) is 6.10 Å². The Balaban J connectivity index is 3.97. The Morgan fingerprint density at radius 3 is 0.867 bits per heavy atom. The lowest BCUT2D eigenvalue weighted by Crippen LogP contribution is -2.40. The number of carboxylic acid groups (broad SMARTS) is 1. The van der Waals surface area contributed by atoms with Crippen LogP contribution >= 0.6 is 0 Å². The van der Waals surface area contributed by atoms with E-state index >= 15 is 0 Å². The summed E-state index contributed by atoms with van der Waals surface area (Å²) in [5.41, 5.74) is 0. The summed E-state index contributed by atoms with van der Waals surface area (Å²) in [7, 11) is 5.99. The van der Waals surface area contributed by atoms with Gasteiger partial charge in [0.1, 0.15) is 13.2 Å². The maximum atomic E-state index is 13.0. The van der Waals surface area contributed by atoms with Gasteiger partial charge < -0.3 is 28.5 Å². The zero-order chi connectivity index (χ0) is 71.1. The van der Waals surface area contributed by atoms with Crippen LogP contribution in [0, 0.1) is 0 Å². The highest BCUT2D eigenvalue weighted by Crippen LogP contribution is 2.20. The third kappa shape index (κ3) is 79.8. The van der Waals surface area contributed by atoms with E-state index in [4.69, 9.17) is 18.9 Å². The molecule has 0 saturated heterocycles. The van der Waals surface area contributed by atoms with E-state index in [0.717, 1.165) is 89.9 Å². The number of hydrogen-bond acceptors (Lipinski definition) is 7. The van der Waals surface area contributed by atoms with Crippen LogP contribution in [0.1, 0.15) is 406 Å². The summed E-state index contributed by atoms with van der Waals surface area (Å²) in [6, 6.07) is 0. The number of allylic oxidation sites excluding steroid dienone is 14. The van der Waals surface area contributed by atoms with E-state index in [2.05, 4.69) is 98.9 Å². The van der Waals surface area contributed by atoms with Crippen LogP contribution in [0.4, 0.5) is 0 Å². The number of unbranched alkanes of at least 4 members (excludes halogenated alkanes) is 50. The molecule has 0 fully saturated rings. The van der Waals surface area contributed by atoms with Crippen molar-refractivity contribution < 1.29 is 42.9 Å². The lowest BCUT2D eigenvalue weighted by atomic mass is 10.0. The molecule has 0 saturated carbocycles. The summed E-state index contributed by atoms with van der Waals surface area (Å²) >= 11 is 0. The first-order valence-electron chi connectivity index (χ1n) is 42.3. The van der Waals surface area contributed by atoms with Crippen molar-refractivity contribution in [3.8, 4) is 0 Å². The summed E-state index contributed by atoms with van der Waals surface area (Å²) in [5, 5.41) is 9.78. The van der Waals surface area contributed by atoms with Crippen molar-refractivity contribution in [1.29, 1.82) is 0 Å². The molecular weight excluding hydrogens is 1210 g/mol. The van der Waals surface area contributed by atoms with Gasteiger partial charge in [-0.3, -0.25) is 9.59 Å². The largest absolute Gasteiger partial charge is 0.477 e. The second kappa shape index (κ2) is 79.2. The van der Waals surface area contributed by atoms with Gasteiger partial charge in [0.25, 0.3) is 6.29 Å². The first-order valence-corrected chi connectivity index (χ1v) is 42.3. The van der Waals surface area contributed by atoms with E-state index in [1.54, 1.807) is 0 Å². The van der Waals surface area contributed by atoms with Gasteiger partial charge in [-0.1, -0.05) is 407 Å². The molecule has 0 aliphatic rings. The zero-order valence-corrected chi connectivity index (χ0v) is 65.5. The standard InChI is InChI=1S/C89H161NO8/c1-6-8-10-12-14-16-18-20-22-24-26-28-30-32-34-36-38-40-41-42-43-44-45-46-48-49-51-53-55-57-59-61-63-65-67-69-71-73-75-77-79-86(91)96-83-85(84-97-89(88(93)94)95-82-81-90(3,4)5)98-87(92)80-78-76-74-72-70-68-66-64-62-60-58-56-54-52-50-47-39-37-35-33-31-29-27-25-23-21-19-17-15-13-11-9-7-2/h9,11,15,17,21,23,27,29,33,35,39,47,52,54,85,89H,6-8,10,12-14,16,18-20,22,24-26,28,30-32,34,36-38,40-46,48-51,53,55-84H2,1-5H3/p+1/b11-9-,17-15-,23-21-,29-27-,35-33-,47-39-,54-52-. The monoisotopic (exact) mass is 1370 g/mol. The fourth-order valence-corrected chi connectivity index (χ4v) is 12.5. The van der Waals surface area contributed by atoms with E-state index in [9.17, 15) is 19.5 Å². The molecule has 2 atom stereocenters. The zero-order valence-electron chi connectivity index (χ0n) is 65.5. The summed E-state index contributed by atoms with van der Waals surface area (Å²) in [6.07, 6.45) is 106. The van der Waals surface area contributed by atoms with Crippen LogP contribution in [0.5, 0.6) is 0 Å². The molecule has 0 amide bonds. The number of esters is 2. The van der Waals surface area contributed by atoms with E-state index < -0.39 is 24.3 Å². The van der Waals surface area contributed by atoms with Gasteiger partial charge in [-0.25, -0.2) is 4.79 Å². The number of carbonyl (C=O) groups is 3. The second-order valence-corrected chi connectivity index (χ2v) is 29.8. The van der Waals surface area contributed by atoms with Gasteiger partial charge in [-0.05, 0) is 70.6 Å². The van der Waals surface area contributed by atoms with Gasteiger partial charge in [-0.2, -0.15) is 0 Å². The molecule has 0 rings (SSSR count). The molecule has 9 heteroatoms.